The number of hydrogen-bond donors (Lipinski definition) is 1. The van der Waals surface area contributed by atoms with Crippen molar-refractivity contribution in [1.82, 2.24) is 4.90 Å². The molecule has 0 amide bonds. The first-order valence-electron chi connectivity index (χ1n) is 12.2. The van der Waals surface area contributed by atoms with E-state index in [9.17, 15) is 5.11 Å². The van der Waals surface area contributed by atoms with E-state index in [0.29, 0.717) is 0 Å². The predicted molar refractivity (Wildman–Crippen MR) is 138 cm³/mol. The third-order valence-corrected chi connectivity index (χ3v) is 7.15. The zero-order chi connectivity index (χ0) is 22.5. The molecule has 4 nitrogen and oxygen atoms in total. The highest BCUT2D eigenvalue weighted by molar-refractivity contribution is 5.85. The largest absolute Gasteiger partial charge is 0.494 e. The van der Waals surface area contributed by atoms with Gasteiger partial charge in [-0.2, -0.15) is 0 Å². The molecule has 1 N–H and O–H groups in total. The Kier molecular flexibility index (Phi) is 8.15. The van der Waals surface area contributed by atoms with Gasteiger partial charge in [-0.3, -0.25) is 0 Å². The van der Waals surface area contributed by atoms with Crippen LogP contribution in [0.25, 0.3) is 0 Å². The van der Waals surface area contributed by atoms with Gasteiger partial charge in [0.1, 0.15) is 17.1 Å². The fraction of sp³-hybridized carbons (Fsp3) is 0.379. The molecule has 0 aliphatic carbocycles. The summed E-state index contributed by atoms with van der Waals surface area (Å²) in [6.45, 7) is 4.53. The highest BCUT2D eigenvalue weighted by atomic mass is 35.5. The summed E-state index contributed by atoms with van der Waals surface area (Å²) in [5.41, 5.74) is 2.28. The molecule has 2 aliphatic heterocycles. The summed E-state index contributed by atoms with van der Waals surface area (Å²) in [5, 5.41) is 12.0. The van der Waals surface area contributed by atoms with Crippen LogP contribution in [0, 0.1) is 5.92 Å². The molecule has 0 radical (unpaired) electrons. The maximum Gasteiger partial charge on any atom is 0.122 e. The van der Waals surface area contributed by atoms with Gasteiger partial charge in [-0.15, -0.1) is 12.4 Å². The van der Waals surface area contributed by atoms with Crippen molar-refractivity contribution in [2.75, 3.05) is 32.8 Å². The molecular formula is C29H34ClNO3. The molecular weight excluding hydrogens is 446 g/mol. The minimum atomic E-state index is -0.949. The highest BCUT2D eigenvalue weighted by Crippen LogP contribution is 2.41. The zero-order valence-electron chi connectivity index (χ0n) is 19.6. The highest BCUT2D eigenvalue weighted by Gasteiger charge is 2.41. The molecule has 0 aromatic heterocycles. The lowest BCUT2D eigenvalue weighted by atomic mass is 9.72. The molecule has 1 saturated heterocycles. The van der Waals surface area contributed by atoms with Gasteiger partial charge in [-0.05, 0) is 67.6 Å². The Hall–Kier alpha value is -2.53. The van der Waals surface area contributed by atoms with Crippen LogP contribution in [0.5, 0.6) is 11.5 Å². The van der Waals surface area contributed by atoms with E-state index >= 15 is 0 Å². The van der Waals surface area contributed by atoms with Crippen molar-refractivity contribution in [3.05, 3.63) is 95.6 Å². The molecule has 3 aromatic carbocycles. The maximum absolute atomic E-state index is 12.0. The molecule has 0 atom stereocenters. The van der Waals surface area contributed by atoms with E-state index < -0.39 is 5.60 Å². The third kappa shape index (κ3) is 5.25. The van der Waals surface area contributed by atoms with E-state index in [-0.39, 0.29) is 18.3 Å². The number of ether oxygens (including phenoxy) is 2. The molecule has 34 heavy (non-hydrogen) atoms. The number of halogens is 1. The smallest absolute Gasteiger partial charge is 0.122 e. The van der Waals surface area contributed by atoms with E-state index in [0.717, 1.165) is 81.2 Å². The van der Waals surface area contributed by atoms with Crippen molar-refractivity contribution < 1.29 is 14.6 Å². The lowest BCUT2D eigenvalue weighted by Gasteiger charge is -2.42. The first-order valence-corrected chi connectivity index (χ1v) is 12.2. The minimum Gasteiger partial charge on any atom is -0.494 e. The summed E-state index contributed by atoms with van der Waals surface area (Å²) in [5.74, 6) is 2.13. The van der Waals surface area contributed by atoms with Gasteiger partial charge >= 0.3 is 0 Å². The lowest BCUT2D eigenvalue weighted by Crippen LogP contribution is -2.44. The standard InChI is InChI=1S/C29H33NO3.ClH/c31-29(24-8-3-1-4-9-24,25-10-5-2-6-11-25)26-14-18-30(19-15-26)17-7-20-32-27-12-13-28-23(22-27)16-21-33-28;/h1-6,8-13,22,26,31H,7,14-21H2;1H. The number of likely N-dealkylation sites (tertiary alicyclic amines) is 1. The van der Waals surface area contributed by atoms with Crippen molar-refractivity contribution in [3.8, 4) is 11.5 Å². The van der Waals surface area contributed by atoms with Gasteiger partial charge in [-0.1, -0.05) is 60.7 Å². The Morgan fingerprint density at radius 3 is 2.21 bits per heavy atom. The molecule has 0 saturated carbocycles. The monoisotopic (exact) mass is 479 g/mol. The van der Waals surface area contributed by atoms with Crippen molar-refractivity contribution in [3.63, 3.8) is 0 Å². The second-order valence-corrected chi connectivity index (χ2v) is 9.18. The minimum absolute atomic E-state index is 0. The van der Waals surface area contributed by atoms with Gasteiger partial charge in [0.25, 0.3) is 0 Å². The first-order chi connectivity index (χ1) is 16.2. The Labute approximate surface area is 208 Å². The molecule has 0 spiro atoms. The molecule has 3 aromatic rings. The molecule has 0 bridgehead atoms. The van der Waals surface area contributed by atoms with Crippen molar-refractivity contribution >= 4 is 12.4 Å². The summed E-state index contributed by atoms with van der Waals surface area (Å²) in [7, 11) is 0. The normalized spacial score (nSPS) is 16.4. The fourth-order valence-corrected chi connectivity index (χ4v) is 5.33. The molecule has 0 unspecified atom stereocenters. The summed E-state index contributed by atoms with van der Waals surface area (Å²) in [6.07, 6.45) is 3.93. The van der Waals surface area contributed by atoms with Crippen molar-refractivity contribution in [2.24, 2.45) is 5.92 Å². The third-order valence-electron chi connectivity index (χ3n) is 7.15. The molecule has 5 rings (SSSR count). The molecule has 1 fully saturated rings. The van der Waals surface area contributed by atoms with Crippen LogP contribution in [0.15, 0.2) is 78.9 Å². The second kappa shape index (κ2) is 11.3. The number of nitrogens with zero attached hydrogens (tertiary/aromatic N) is 1. The Morgan fingerprint density at radius 1 is 0.912 bits per heavy atom. The van der Waals surface area contributed by atoms with Crippen LogP contribution in [0.1, 0.15) is 36.0 Å². The molecule has 180 valence electrons. The number of hydrogen-bond acceptors (Lipinski definition) is 4. The van der Waals surface area contributed by atoms with Crippen LogP contribution in [-0.4, -0.2) is 42.9 Å². The van der Waals surface area contributed by atoms with Gasteiger partial charge in [-0.25, -0.2) is 0 Å². The predicted octanol–water partition coefficient (Wildman–Crippen LogP) is 5.46. The molecule has 5 heteroatoms. The quantitative estimate of drug-likeness (QED) is 0.435. The Balaban J connectivity index is 0.00000274. The van der Waals surface area contributed by atoms with Crippen molar-refractivity contribution in [1.29, 1.82) is 0 Å². The fourth-order valence-electron chi connectivity index (χ4n) is 5.33. The van der Waals surface area contributed by atoms with Gasteiger partial charge in [0, 0.05) is 18.5 Å². The lowest BCUT2D eigenvalue weighted by molar-refractivity contribution is -0.0146. The Bertz CT molecular complexity index is 996. The number of piperidine rings is 1. The second-order valence-electron chi connectivity index (χ2n) is 9.18. The van der Waals surface area contributed by atoms with Gasteiger partial charge in [0.15, 0.2) is 0 Å². The first kappa shape index (κ1) is 24.6. The van der Waals surface area contributed by atoms with Crippen molar-refractivity contribution in [2.45, 2.75) is 31.3 Å². The average Bonchev–Trinajstić information content (AvgIpc) is 3.36. The summed E-state index contributed by atoms with van der Waals surface area (Å²) < 4.78 is 11.6. The van der Waals surface area contributed by atoms with Crippen LogP contribution in [0.2, 0.25) is 0 Å². The average molecular weight is 480 g/mol. The Morgan fingerprint density at radius 2 is 1.56 bits per heavy atom. The van der Waals surface area contributed by atoms with Gasteiger partial charge in [0.2, 0.25) is 0 Å². The van der Waals surface area contributed by atoms with Crippen LogP contribution in [-0.2, 0) is 12.0 Å². The number of benzene rings is 3. The molecule has 2 aliphatic rings. The summed E-state index contributed by atoms with van der Waals surface area (Å²) in [4.78, 5) is 2.51. The number of rotatable bonds is 8. The van der Waals surface area contributed by atoms with Crippen LogP contribution >= 0.6 is 12.4 Å². The number of fused-ring (bicyclic) bond motifs is 1. The molecule has 2 heterocycles. The summed E-state index contributed by atoms with van der Waals surface area (Å²) >= 11 is 0. The van der Waals surface area contributed by atoms with E-state index in [4.69, 9.17) is 9.47 Å². The SMILES string of the molecule is Cl.OC(c1ccccc1)(c1ccccc1)C1CCN(CCCOc2ccc3c(c2)CCO3)CC1. The van der Waals surface area contributed by atoms with Gasteiger partial charge < -0.3 is 19.5 Å². The van der Waals surface area contributed by atoms with Crippen LogP contribution < -0.4 is 9.47 Å². The van der Waals surface area contributed by atoms with Crippen LogP contribution in [0.3, 0.4) is 0 Å². The van der Waals surface area contributed by atoms with Gasteiger partial charge in [0.05, 0.1) is 13.2 Å². The van der Waals surface area contributed by atoms with E-state index in [1.165, 1.54) is 5.56 Å². The topological polar surface area (TPSA) is 41.9 Å². The maximum atomic E-state index is 12.0. The summed E-state index contributed by atoms with van der Waals surface area (Å²) in [6, 6.07) is 26.5. The van der Waals surface area contributed by atoms with E-state index in [1.54, 1.807) is 0 Å². The zero-order valence-corrected chi connectivity index (χ0v) is 20.4. The van der Waals surface area contributed by atoms with Crippen LogP contribution in [0.4, 0.5) is 0 Å². The van der Waals surface area contributed by atoms with E-state index in [2.05, 4.69) is 35.2 Å². The van der Waals surface area contributed by atoms with E-state index in [1.807, 2.05) is 48.5 Å². The number of aliphatic hydroxyl groups is 1.